The van der Waals surface area contributed by atoms with Crippen molar-refractivity contribution < 1.29 is 73.3 Å². The summed E-state index contributed by atoms with van der Waals surface area (Å²) in [4.78, 5) is 41.2. The number of carbonyl (C=O) groups excluding carboxylic acids is 2. The number of amides is 2. The monoisotopic (exact) mass is 1990 g/mol. The molecule has 1 atom stereocenters. The minimum atomic E-state index is -3.47. The van der Waals surface area contributed by atoms with Crippen molar-refractivity contribution in [3.8, 4) is 149 Å². The number of aromatic nitrogens is 36. The molecule has 0 saturated carbocycles. The number of phenols is 10. The standard InChI is InChI=1S/C14H12N6.C14H10N4O6.C14H10N4O4.C10H6N4S2.C6H8N6O2.C4H8N6O3S2Si.C2H4N6.C2H2N4O2.C2H2N4S2/c15-11-5-1-3-9(7-11)13-17-19-14(20-18-13)10-4-2-6-12(16)8-10;19-7-1-5(2-8(20)11(7)23)13-15-17-14(18-16-13)6-3-9(21)12(24)10(22)4-6;19-9-1-7(2-10(20)5-9)13-15-17-14(18-16-13)8-3-11(21)6-12(22)4-8;1-3-15-5-7(1)9-11-13-10(14-12-9)8-2-4-16-6-8;1-3(13)7-5-9-11-6(12-10-5)8-4(2)14;1-14(11,12)9-3-5-7-4(8-6-3)10-15(2,13)16;3-1-5-7-2(4)8-6-1;2*7-1-3-5-2(8)6-4-1/h1-8H,15-16H2;1-4,19-24H;1-6,19-22H;1-6H;1-2H3,(H,7,9,10,13)(H,8,11,12,14);1-2H3,(H,5,6,9)(H,7,8,10,13);(H2,3,5,6)(H2,4,7,8);2*(H,3,4,7)(H,5,6,8). The van der Waals surface area contributed by atoms with Gasteiger partial charge in [0.2, 0.25) is 78.0 Å². The molecule has 136 heavy (non-hydrogen) atoms. The van der Waals surface area contributed by atoms with Crippen molar-refractivity contribution in [1.29, 1.82) is 0 Å². The fraction of sp³-hybridized carbons (Fsp3) is 0.0588. The van der Waals surface area contributed by atoms with Crippen LogP contribution in [0.4, 0.5) is 47.1 Å². The molecular weight excluding hydrogens is 1930 g/mol. The first-order valence-electron chi connectivity index (χ1n) is 36.1. The van der Waals surface area contributed by atoms with Gasteiger partial charge < -0.3 is 74.0 Å². The van der Waals surface area contributed by atoms with Crippen LogP contribution in [0.2, 0.25) is 0 Å². The van der Waals surface area contributed by atoms with E-state index in [0.29, 0.717) is 55.3 Å². The number of nitrogens with zero attached hydrogens (tertiary/aromatic N) is 32. The van der Waals surface area contributed by atoms with Crippen LogP contribution in [-0.4, -0.2) is 281 Å². The van der Waals surface area contributed by atoms with E-state index in [4.69, 9.17) is 22.9 Å². The van der Waals surface area contributed by atoms with Crippen LogP contribution in [0, 0.1) is 9.54 Å². The number of nitrogens with two attached hydrogens (primary N) is 4. The predicted molar refractivity (Wildman–Crippen MR) is 483 cm³/mol. The van der Waals surface area contributed by atoms with E-state index in [9.17, 15) is 82.9 Å². The Morgan fingerprint density at radius 1 is 0.338 bits per heavy atom. The summed E-state index contributed by atoms with van der Waals surface area (Å²) in [5.74, 6) is -2.96. The van der Waals surface area contributed by atoms with E-state index in [1.54, 1.807) is 46.9 Å². The third kappa shape index (κ3) is 33.7. The molecule has 0 aliphatic carbocycles. The number of benzene rings is 6. The summed E-state index contributed by atoms with van der Waals surface area (Å²) in [5, 5.41) is 232. The van der Waals surface area contributed by atoms with Gasteiger partial charge in [0.1, 0.15) is 31.9 Å². The molecule has 61 nitrogen and oxygen atoms in total. The highest BCUT2D eigenvalue weighted by atomic mass is 32.3. The summed E-state index contributed by atoms with van der Waals surface area (Å²) >= 11 is 12.3. The maximum Gasteiger partial charge on any atom is 0.378 e. The zero-order valence-corrected chi connectivity index (χ0v) is 74.7. The predicted octanol–water partition coefficient (Wildman–Crippen LogP) is 0.768. The lowest BCUT2D eigenvalue weighted by Crippen LogP contribution is -2.24. The van der Waals surface area contributed by atoms with Gasteiger partial charge in [-0.1, -0.05) is 34.5 Å². The van der Waals surface area contributed by atoms with Gasteiger partial charge in [0.15, 0.2) is 34.5 Å². The second-order valence-corrected chi connectivity index (χ2v) is 33.5. The molecule has 68 heteroatoms. The highest BCUT2D eigenvalue weighted by Crippen LogP contribution is 2.40. The number of rotatable bonds is 14. The molecular formula is C68H62N44O17S6Si. The third-order valence-electron chi connectivity index (χ3n) is 14.4. The number of nitrogens with one attached hydrogen (secondary N) is 8. The Kier molecular flexibility index (Phi) is 35.7. The van der Waals surface area contributed by atoms with Crippen LogP contribution in [0.25, 0.3) is 91.1 Å². The molecule has 6 aromatic carbocycles. The smallest absolute Gasteiger partial charge is 0.378 e. The van der Waals surface area contributed by atoms with Crippen molar-refractivity contribution in [2.75, 3.05) is 55.5 Å². The normalized spacial score (nSPS) is 10.7. The lowest BCUT2D eigenvalue weighted by atomic mass is 10.1. The lowest BCUT2D eigenvalue weighted by molar-refractivity contribution is -0.115. The molecule has 0 aliphatic heterocycles. The maximum absolute atomic E-state index is 11.2. The minimum absolute atomic E-state index is 0.00778. The number of thiophene rings is 2. The number of hydrogen-bond acceptors (Lipinski definition) is 57. The summed E-state index contributed by atoms with van der Waals surface area (Å²) < 4.78 is 37.8. The molecule has 696 valence electrons. The van der Waals surface area contributed by atoms with Gasteiger partial charge in [-0.25, -0.2) is 32.9 Å². The molecule has 0 bridgehead atoms. The zero-order chi connectivity index (χ0) is 98.8. The zero-order valence-electron chi connectivity index (χ0n) is 68.8. The third-order valence-corrected chi connectivity index (χ3v) is 17.5. The van der Waals surface area contributed by atoms with Crippen molar-refractivity contribution in [3.05, 3.63) is 173 Å². The number of phenolic OH excluding ortho intramolecular Hbond substituents is 10. The van der Waals surface area contributed by atoms with Crippen LogP contribution in [0.3, 0.4) is 0 Å². The fourth-order valence-electron chi connectivity index (χ4n) is 8.93. The molecule has 11 aromatic heterocycles. The molecule has 0 spiro atoms. The van der Waals surface area contributed by atoms with Crippen LogP contribution in [-0.2, 0) is 28.7 Å². The van der Waals surface area contributed by atoms with E-state index in [-0.39, 0.29) is 105 Å². The molecule has 11 heterocycles. The van der Waals surface area contributed by atoms with E-state index >= 15 is 0 Å². The molecule has 0 fully saturated rings. The van der Waals surface area contributed by atoms with Crippen molar-refractivity contribution in [2.24, 2.45) is 0 Å². The molecule has 17 aromatic rings. The molecule has 26 N–H and O–H groups in total. The Bertz CT molecular complexity index is 6780. The highest BCUT2D eigenvalue weighted by molar-refractivity contribution is 8.05. The number of sulfonamides is 1. The van der Waals surface area contributed by atoms with Crippen LogP contribution in [0.1, 0.15) is 13.8 Å². The summed E-state index contributed by atoms with van der Waals surface area (Å²) in [6.07, 6.45) is 2.31. The van der Waals surface area contributed by atoms with Gasteiger partial charge in [0, 0.05) is 108 Å². The van der Waals surface area contributed by atoms with E-state index < -0.39 is 65.0 Å². The Morgan fingerprint density at radius 3 is 0.860 bits per heavy atom. The van der Waals surface area contributed by atoms with Crippen LogP contribution < -0.4 is 54.4 Å². The van der Waals surface area contributed by atoms with Crippen LogP contribution in [0.15, 0.2) is 152 Å². The average Bonchev–Trinajstić information content (AvgIpc) is 1.09. The van der Waals surface area contributed by atoms with E-state index in [2.05, 4.69) is 222 Å². The van der Waals surface area contributed by atoms with Gasteiger partial charge in [-0.3, -0.25) is 39.4 Å². The number of carbonyl (C=O) groups is 2. The van der Waals surface area contributed by atoms with E-state index in [1.165, 1.54) is 56.5 Å². The number of anilines is 8. The molecule has 1 unspecified atom stereocenters. The molecule has 0 saturated heterocycles. The van der Waals surface area contributed by atoms with Crippen molar-refractivity contribution in [1.82, 2.24) is 184 Å². The van der Waals surface area contributed by atoms with Crippen LogP contribution >= 0.6 is 47.1 Å². The number of aromatic amines is 4. The largest absolute Gasteiger partial charge is 0.508 e. The van der Waals surface area contributed by atoms with Crippen molar-refractivity contribution in [3.63, 3.8) is 0 Å². The van der Waals surface area contributed by atoms with Crippen LogP contribution in [0.5, 0.6) is 57.5 Å². The molecule has 2 radical (unpaired) electrons. The summed E-state index contributed by atoms with van der Waals surface area (Å²) in [6.45, 7) is 2.62. The molecule has 17 rings (SSSR count). The highest BCUT2D eigenvalue weighted by Gasteiger charge is 2.18. The van der Waals surface area contributed by atoms with Gasteiger partial charge in [-0.05, 0) is 120 Å². The maximum atomic E-state index is 11.2. The quantitative estimate of drug-likeness (QED) is 0.0309. The van der Waals surface area contributed by atoms with Gasteiger partial charge in [0.25, 0.3) is 35.7 Å². The van der Waals surface area contributed by atoms with Gasteiger partial charge in [-0.2, -0.15) is 22.7 Å². The van der Waals surface area contributed by atoms with Crippen molar-refractivity contribution >= 4 is 134 Å². The summed E-state index contributed by atoms with van der Waals surface area (Å²) in [7, 11) is -3.03. The minimum Gasteiger partial charge on any atom is -0.508 e. The van der Waals surface area contributed by atoms with Gasteiger partial charge in [-0.15, -0.1) is 153 Å². The summed E-state index contributed by atoms with van der Waals surface area (Å²) in [5.41, 5.74) is 26.0. The number of aromatic hydroxyl groups is 10. The average molecular weight is 1990 g/mol. The van der Waals surface area contributed by atoms with E-state index in [0.717, 1.165) is 52.8 Å². The molecule has 0 aliphatic rings. The first-order valence-corrected chi connectivity index (χ1v) is 43.9. The SMILES string of the molecule is CC(=O)Nc1nnc(NC(C)=O)nn1.CS(=O)(=O)Nc1nnc(NS(C)(=O)=[Si])nn1.Nc1cccc(-c2nnc(-c3cccc(N)c3)nn2)c1.Nc1nnc(N)nn1.O=c1nnc(=O)[nH][nH]1.Oc1cc(-c2nnc(-c3cc(O)c(O)c(O)c3)nn2)cc(O)c1O.Oc1cc(O)cc(-c2nnc(-c3cc(O)cc(O)c3)nn2)c1.S=c1nnc(=S)[nH][nH]1.c1cc(-c2nnc(-c3ccsc3)nn2)cs1. The second kappa shape index (κ2) is 48.1. The summed E-state index contributed by atoms with van der Waals surface area (Å²) in [6, 6.07) is 30.7. The first kappa shape index (κ1) is 101. The topological polar surface area (TPSA) is 950 Å². The Morgan fingerprint density at radius 2 is 0.610 bits per heavy atom. The molecule has 2 amide bonds. The Hall–Kier alpha value is -18.7. The number of nitrogen functional groups attached to an aromatic ring is 4. The fourth-order valence-corrected chi connectivity index (χ4v) is 11.5. The first-order chi connectivity index (χ1) is 64.6. The Balaban J connectivity index is 0.000000175. The lowest BCUT2D eigenvalue weighted by Gasteiger charge is -2.06. The van der Waals surface area contributed by atoms with Crippen molar-refractivity contribution in [2.45, 2.75) is 13.8 Å². The van der Waals surface area contributed by atoms with Gasteiger partial charge >= 0.3 is 11.4 Å². The second-order valence-electron chi connectivity index (χ2n) is 25.2. The number of H-pyrrole nitrogens is 4. The van der Waals surface area contributed by atoms with E-state index in [1.807, 2.05) is 72.8 Å². The Labute approximate surface area is 777 Å². The number of hydrogen-bond donors (Lipinski definition) is 22. The van der Waals surface area contributed by atoms with Gasteiger partial charge in [0.05, 0.1) is 6.26 Å².